The maximum atomic E-state index is 12.9. The van der Waals surface area contributed by atoms with Gasteiger partial charge in [0, 0.05) is 58.6 Å². The zero-order valence-corrected chi connectivity index (χ0v) is 18.9. The van der Waals surface area contributed by atoms with Crippen LogP contribution in [0.5, 0.6) is 0 Å². The van der Waals surface area contributed by atoms with Crippen molar-refractivity contribution in [1.29, 1.82) is 0 Å². The summed E-state index contributed by atoms with van der Waals surface area (Å²) in [4.78, 5) is 21.6. The number of piperidine rings is 1. The second-order valence-electron chi connectivity index (χ2n) is 7.82. The molecule has 0 aromatic carbocycles. The molecule has 0 bridgehead atoms. The van der Waals surface area contributed by atoms with Gasteiger partial charge in [-0.2, -0.15) is 22.0 Å². The van der Waals surface area contributed by atoms with E-state index in [-0.39, 0.29) is 12.6 Å². The summed E-state index contributed by atoms with van der Waals surface area (Å²) in [7, 11) is -3.46. The molecule has 1 aromatic rings. The lowest BCUT2D eigenvalue weighted by atomic mass is 10.1. The molecule has 1 aromatic heterocycles. The number of aliphatic hydroxyl groups is 1. The van der Waals surface area contributed by atoms with E-state index in [1.807, 2.05) is 6.07 Å². The van der Waals surface area contributed by atoms with Gasteiger partial charge in [-0.1, -0.05) is 0 Å². The Hall–Kier alpha value is -2.06. The van der Waals surface area contributed by atoms with Crippen molar-refractivity contribution in [2.24, 2.45) is 0 Å². The monoisotopic (exact) mass is 472 g/mol. The molecule has 32 heavy (non-hydrogen) atoms. The van der Waals surface area contributed by atoms with Crippen LogP contribution < -0.4 is 9.80 Å². The summed E-state index contributed by atoms with van der Waals surface area (Å²) in [5, 5.41) is 16.8. The first kappa shape index (κ1) is 24.6. The lowest BCUT2D eigenvalue weighted by molar-refractivity contribution is -0.122. The van der Waals surface area contributed by atoms with Gasteiger partial charge in [0.15, 0.2) is 0 Å². The number of hydrogen-bond acceptors (Lipinski definition) is 9. The topological polar surface area (TPSA) is 140 Å². The minimum atomic E-state index is -3.46. The van der Waals surface area contributed by atoms with Crippen LogP contribution in [0.25, 0.3) is 0 Å². The zero-order valence-electron chi connectivity index (χ0n) is 18.1. The molecule has 4 heterocycles. The van der Waals surface area contributed by atoms with Gasteiger partial charge in [0.25, 0.3) is 16.7 Å². The Morgan fingerprint density at radius 1 is 1.00 bits per heavy atom. The Labute approximate surface area is 188 Å². The predicted molar refractivity (Wildman–Crippen MR) is 118 cm³/mol. The highest BCUT2D eigenvalue weighted by atomic mass is 32.2. The molecular formula is C19H32N6O6S. The Morgan fingerprint density at radius 3 is 2.41 bits per heavy atom. The number of carbonyl (C=O) groups is 1. The molecule has 1 unspecified atom stereocenters. The molecule has 3 aliphatic rings. The number of nitrogens with zero attached hydrogens (tertiary/aromatic N) is 6. The molecule has 0 radical (unpaired) electrons. The molecule has 180 valence electrons. The molecule has 4 rings (SSSR count). The highest BCUT2D eigenvalue weighted by molar-refractivity contribution is 7.86. The van der Waals surface area contributed by atoms with Crippen molar-refractivity contribution in [3.05, 3.63) is 12.3 Å². The first-order chi connectivity index (χ1) is 15.5. The van der Waals surface area contributed by atoms with Crippen LogP contribution in [0.15, 0.2) is 12.3 Å². The van der Waals surface area contributed by atoms with Gasteiger partial charge in [0.2, 0.25) is 5.95 Å². The van der Waals surface area contributed by atoms with Crippen molar-refractivity contribution in [3.8, 4) is 0 Å². The fraction of sp³-hybridized carbons (Fsp3) is 0.737. The highest BCUT2D eigenvalue weighted by Crippen LogP contribution is 2.21. The Morgan fingerprint density at radius 2 is 1.69 bits per heavy atom. The average Bonchev–Trinajstić information content (AvgIpc) is 3.07. The Bertz CT molecular complexity index is 837. The fourth-order valence-electron chi connectivity index (χ4n) is 4.10. The summed E-state index contributed by atoms with van der Waals surface area (Å²) in [6.45, 7) is 5.10. The number of hydrogen-bond donors (Lipinski definition) is 2. The molecular weight excluding hydrogens is 440 g/mol. The van der Waals surface area contributed by atoms with Gasteiger partial charge in [-0.05, 0) is 25.3 Å². The van der Waals surface area contributed by atoms with Crippen LogP contribution in [-0.2, 0) is 19.7 Å². The van der Waals surface area contributed by atoms with Gasteiger partial charge >= 0.3 is 0 Å². The van der Waals surface area contributed by atoms with Gasteiger partial charge in [-0.3, -0.25) is 4.79 Å². The molecule has 3 saturated heterocycles. The van der Waals surface area contributed by atoms with E-state index in [1.54, 1.807) is 10.5 Å². The summed E-state index contributed by atoms with van der Waals surface area (Å²) in [5.74, 6) is 1.43. The van der Waals surface area contributed by atoms with E-state index in [9.17, 15) is 13.5 Å². The Kier molecular flexibility index (Phi) is 8.99. The van der Waals surface area contributed by atoms with Crippen molar-refractivity contribution in [3.63, 3.8) is 0 Å². The SMILES string of the molecule is O=CO.O=S(=O)(N1CCOCC1)N1CCCN(c2nccc(N3CCCC(O)C3)n2)CC1. The smallest absolute Gasteiger partial charge is 0.290 e. The summed E-state index contributed by atoms with van der Waals surface area (Å²) in [6, 6.07) is 1.87. The van der Waals surface area contributed by atoms with E-state index in [4.69, 9.17) is 19.6 Å². The predicted octanol–water partition coefficient (Wildman–Crippen LogP) is -0.772. The lowest BCUT2D eigenvalue weighted by Crippen LogP contribution is -2.49. The first-order valence-corrected chi connectivity index (χ1v) is 12.3. The van der Waals surface area contributed by atoms with Gasteiger partial charge < -0.3 is 24.7 Å². The number of morpholine rings is 1. The number of aliphatic hydroxyl groups excluding tert-OH is 1. The number of carboxylic acid groups (broad SMARTS) is 1. The van der Waals surface area contributed by atoms with E-state index in [1.165, 1.54) is 4.31 Å². The molecule has 1 atom stereocenters. The largest absolute Gasteiger partial charge is 0.483 e. The van der Waals surface area contributed by atoms with E-state index in [0.717, 1.165) is 31.6 Å². The minimum Gasteiger partial charge on any atom is -0.483 e. The second-order valence-corrected chi connectivity index (χ2v) is 9.75. The van der Waals surface area contributed by atoms with Crippen LogP contribution in [0.1, 0.15) is 19.3 Å². The molecule has 12 nitrogen and oxygen atoms in total. The molecule has 0 spiro atoms. The molecule has 13 heteroatoms. The fourth-order valence-corrected chi connectivity index (χ4v) is 5.70. The molecule has 3 aliphatic heterocycles. The number of anilines is 2. The van der Waals surface area contributed by atoms with Crippen molar-refractivity contribution < 1.29 is 28.2 Å². The molecule has 3 fully saturated rings. The van der Waals surface area contributed by atoms with Crippen LogP contribution in [-0.4, -0.2) is 115 Å². The van der Waals surface area contributed by atoms with Crippen LogP contribution in [0.2, 0.25) is 0 Å². The maximum absolute atomic E-state index is 12.9. The van der Waals surface area contributed by atoms with E-state index < -0.39 is 10.2 Å². The van der Waals surface area contributed by atoms with E-state index in [2.05, 4.69) is 14.8 Å². The average molecular weight is 473 g/mol. The minimum absolute atomic E-state index is 0.250. The molecule has 2 N–H and O–H groups in total. The number of rotatable bonds is 4. The first-order valence-electron chi connectivity index (χ1n) is 10.9. The third-order valence-electron chi connectivity index (χ3n) is 5.71. The quantitative estimate of drug-likeness (QED) is 0.537. The van der Waals surface area contributed by atoms with Crippen LogP contribution in [0.4, 0.5) is 11.8 Å². The molecule has 0 saturated carbocycles. The number of ether oxygens (including phenoxy) is 1. The van der Waals surface area contributed by atoms with Gasteiger partial charge in [-0.15, -0.1) is 0 Å². The van der Waals surface area contributed by atoms with E-state index >= 15 is 0 Å². The van der Waals surface area contributed by atoms with Crippen LogP contribution in [0.3, 0.4) is 0 Å². The number of aromatic nitrogens is 2. The van der Waals surface area contributed by atoms with Crippen molar-refractivity contribution in [2.75, 3.05) is 75.4 Å². The number of β-amino-alcohol motifs (C(OH)–C–C–N with tert-alkyl or cyclic N) is 1. The molecule has 0 amide bonds. The Balaban J connectivity index is 0.000000913. The summed E-state index contributed by atoms with van der Waals surface area (Å²) in [5.41, 5.74) is 0. The van der Waals surface area contributed by atoms with Crippen molar-refractivity contribution >= 4 is 28.4 Å². The summed E-state index contributed by atoms with van der Waals surface area (Å²) in [6.07, 6.45) is 3.91. The third-order valence-corrected chi connectivity index (χ3v) is 7.74. The second kappa shape index (κ2) is 11.7. The van der Waals surface area contributed by atoms with Gasteiger partial charge in [-0.25, -0.2) is 4.98 Å². The lowest BCUT2D eigenvalue weighted by Gasteiger charge is -2.32. The summed E-state index contributed by atoms with van der Waals surface area (Å²) >= 11 is 0. The van der Waals surface area contributed by atoms with Gasteiger partial charge in [0.05, 0.1) is 19.3 Å². The molecule has 0 aliphatic carbocycles. The van der Waals surface area contributed by atoms with Crippen LogP contribution in [0, 0.1) is 0 Å². The third kappa shape index (κ3) is 6.25. The summed E-state index contributed by atoms with van der Waals surface area (Å²) < 4.78 is 34.3. The highest BCUT2D eigenvalue weighted by Gasteiger charge is 2.32. The van der Waals surface area contributed by atoms with Crippen molar-refractivity contribution in [1.82, 2.24) is 18.6 Å². The maximum Gasteiger partial charge on any atom is 0.290 e. The van der Waals surface area contributed by atoms with Crippen molar-refractivity contribution in [2.45, 2.75) is 25.4 Å². The normalized spacial score (nSPS) is 23.7. The van der Waals surface area contributed by atoms with Crippen LogP contribution >= 0.6 is 0 Å². The van der Waals surface area contributed by atoms with E-state index in [0.29, 0.717) is 65.0 Å². The van der Waals surface area contributed by atoms with Gasteiger partial charge in [0.1, 0.15) is 5.82 Å². The standard InChI is InChI=1S/C18H30N6O4S.CH2O2/c25-16-3-1-6-22(15-16)17-4-5-19-18(20-17)21-7-2-8-23(10-9-21)29(26,27)24-11-13-28-14-12-24;2-1-3/h4-5,16,25H,1-3,6-15H2;1H,(H,2,3). The zero-order chi connectivity index (χ0) is 23.0.